The van der Waals surface area contributed by atoms with Gasteiger partial charge in [-0.15, -0.1) is 11.6 Å². The van der Waals surface area contributed by atoms with E-state index in [-0.39, 0.29) is 18.3 Å². The van der Waals surface area contributed by atoms with Crippen LogP contribution >= 0.6 is 23.2 Å². The summed E-state index contributed by atoms with van der Waals surface area (Å²) >= 11 is 11.9. The molecule has 0 saturated carbocycles. The number of aromatic nitrogens is 2. The number of benzene rings is 1. The summed E-state index contributed by atoms with van der Waals surface area (Å²) < 4.78 is 1.82. The molecule has 0 atom stereocenters. The summed E-state index contributed by atoms with van der Waals surface area (Å²) in [7, 11) is 1.77. The number of fused-ring (bicyclic) bond motifs is 1. The van der Waals surface area contributed by atoms with Crippen molar-refractivity contribution in [3.8, 4) is 0 Å². The van der Waals surface area contributed by atoms with Gasteiger partial charge in [0.15, 0.2) is 0 Å². The number of hydrogen-bond acceptors (Lipinski definition) is 2. The second kappa shape index (κ2) is 5.80. The molecule has 0 unspecified atom stereocenters. The fourth-order valence-electron chi connectivity index (χ4n) is 1.86. The highest BCUT2D eigenvalue weighted by molar-refractivity contribution is 6.31. The van der Waals surface area contributed by atoms with Crippen molar-refractivity contribution in [1.82, 2.24) is 14.5 Å². The van der Waals surface area contributed by atoms with Gasteiger partial charge in [0.05, 0.1) is 16.9 Å². The zero-order chi connectivity index (χ0) is 14.0. The molecule has 1 aromatic carbocycles. The van der Waals surface area contributed by atoms with E-state index in [2.05, 4.69) is 4.98 Å². The van der Waals surface area contributed by atoms with Gasteiger partial charge in [-0.2, -0.15) is 0 Å². The molecule has 0 bridgehead atoms. The molecule has 0 aliphatic carbocycles. The van der Waals surface area contributed by atoms with Crippen LogP contribution in [0.15, 0.2) is 18.2 Å². The van der Waals surface area contributed by atoms with Crippen molar-refractivity contribution in [2.75, 3.05) is 13.6 Å². The van der Waals surface area contributed by atoms with Crippen LogP contribution in [0.3, 0.4) is 0 Å². The molecule has 1 aromatic heterocycles. The quantitative estimate of drug-likeness (QED) is 0.814. The SMILES string of the molecule is CCN(C)C(=O)Cn1c(CCl)nc2ccc(Cl)cc21. The number of carbonyl (C=O) groups excluding carboxylic acids is 1. The third-order valence-electron chi connectivity index (χ3n) is 3.10. The molecule has 2 aromatic rings. The van der Waals surface area contributed by atoms with Crippen LogP contribution in [0.5, 0.6) is 0 Å². The number of rotatable bonds is 4. The minimum absolute atomic E-state index is 0.0214. The van der Waals surface area contributed by atoms with Crippen molar-refractivity contribution in [3.05, 3.63) is 29.0 Å². The fourth-order valence-corrected chi connectivity index (χ4v) is 2.23. The summed E-state index contributed by atoms with van der Waals surface area (Å²) in [5.74, 6) is 0.958. The lowest BCUT2D eigenvalue weighted by Gasteiger charge is -2.16. The maximum absolute atomic E-state index is 12.0. The normalized spacial score (nSPS) is 10.9. The van der Waals surface area contributed by atoms with Gasteiger partial charge in [-0.05, 0) is 25.1 Å². The molecule has 6 heteroatoms. The van der Waals surface area contributed by atoms with Gasteiger partial charge in [-0.3, -0.25) is 4.79 Å². The number of hydrogen-bond donors (Lipinski definition) is 0. The van der Waals surface area contributed by atoms with Gasteiger partial charge in [-0.25, -0.2) is 4.98 Å². The van der Waals surface area contributed by atoms with Crippen molar-refractivity contribution in [2.45, 2.75) is 19.3 Å². The molecule has 0 N–H and O–H groups in total. The molecular weight excluding hydrogens is 285 g/mol. The minimum Gasteiger partial charge on any atom is -0.344 e. The van der Waals surface area contributed by atoms with Gasteiger partial charge in [0.2, 0.25) is 5.91 Å². The second-order valence-corrected chi connectivity index (χ2v) is 4.99. The molecule has 2 rings (SSSR count). The molecular formula is C13H15Cl2N3O. The Morgan fingerprint density at radius 1 is 1.47 bits per heavy atom. The number of carbonyl (C=O) groups is 1. The Labute approximate surface area is 121 Å². The molecule has 0 aliphatic rings. The number of amides is 1. The number of likely N-dealkylation sites (N-methyl/N-ethyl adjacent to an activating group) is 1. The van der Waals surface area contributed by atoms with E-state index in [4.69, 9.17) is 23.2 Å². The first-order chi connectivity index (χ1) is 9.06. The van der Waals surface area contributed by atoms with E-state index >= 15 is 0 Å². The van der Waals surface area contributed by atoms with Gasteiger partial charge in [-0.1, -0.05) is 11.6 Å². The molecule has 4 nitrogen and oxygen atoms in total. The van der Waals surface area contributed by atoms with E-state index in [9.17, 15) is 4.79 Å². The number of imidazole rings is 1. The maximum atomic E-state index is 12.0. The molecule has 0 fully saturated rings. The monoisotopic (exact) mass is 299 g/mol. The van der Waals surface area contributed by atoms with Crippen LogP contribution in [0.25, 0.3) is 11.0 Å². The zero-order valence-electron chi connectivity index (χ0n) is 10.9. The lowest BCUT2D eigenvalue weighted by atomic mass is 10.3. The predicted octanol–water partition coefficient (Wildman–Crippen LogP) is 2.91. The van der Waals surface area contributed by atoms with Crippen LogP contribution < -0.4 is 0 Å². The van der Waals surface area contributed by atoms with Crippen LogP contribution in [0, 0.1) is 0 Å². The van der Waals surface area contributed by atoms with Crippen molar-refractivity contribution in [2.24, 2.45) is 0 Å². The number of nitrogens with zero attached hydrogens (tertiary/aromatic N) is 3. The lowest BCUT2D eigenvalue weighted by molar-refractivity contribution is -0.130. The first kappa shape index (κ1) is 14.2. The molecule has 0 spiro atoms. The highest BCUT2D eigenvalue weighted by Gasteiger charge is 2.15. The van der Waals surface area contributed by atoms with Gasteiger partial charge >= 0.3 is 0 Å². The number of halogens is 2. The highest BCUT2D eigenvalue weighted by atomic mass is 35.5. The van der Waals surface area contributed by atoms with Gasteiger partial charge in [0.25, 0.3) is 0 Å². The summed E-state index contributed by atoms with van der Waals surface area (Å²) in [6.07, 6.45) is 0. The Morgan fingerprint density at radius 3 is 2.84 bits per heavy atom. The standard InChI is InChI=1S/C13H15Cl2N3O/c1-3-17(2)13(19)8-18-11-6-9(15)4-5-10(11)16-12(18)7-14/h4-6H,3,7-8H2,1-2H3. The van der Waals surface area contributed by atoms with Crippen molar-refractivity contribution < 1.29 is 4.79 Å². The van der Waals surface area contributed by atoms with E-state index < -0.39 is 0 Å². The lowest BCUT2D eigenvalue weighted by Crippen LogP contribution is -2.30. The summed E-state index contributed by atoms with van der Waals surface area (Å²) in [5.41, 5.74) is 1.63. The van der Waals surface area contributed by atoms with Crippen LogP contribution in [-0.4, -0.2) is 34.0 Å². The fraction of sp³-hybridized carbons (Fsp3) is 0.385. The van der Waals surface area contributed by atoms with Crippen molar-refractivity contribution in [3.63, 3.8) is 0 Å². The second-order valence-electron chi connectivity index (χ2n) is 4.29. The Kier molecular flexibility index (Phi) is 4.32. The zero-order valence-corrected chi connectivity index (χ0v) is 12.4. The summed E-state index contributed by atoms with van der Waals surface area (Å²) in [6, 6.07) is 5.41. The minimum atomic E-state index is 0.0214. The molecule has 0 radical (unpaired) electrons. The average molecular weight is 300 g/mol. The van der Waals surface area contributed by atoms with E-state index in [0.717, 1.165) is 11.0 Å². The number of alkyl halides is 1. The molecule has 19 heavy (non-hydrogen) atoms. The molecule has 0 saturated heterocycles. The van der Waals surface area contributed by atoms with Crippen molar-refractivity contribution in [1.29, 1.82) is 0 Å². The first-order valence-corrected chi connectivity index (χ1v) is 6.92. The van der Waals surface area contributed by atoms with Crippen LogP contribution in [0.4, 0.5) is 0 Å². The Hall–Kier alpha value is -1.26. The van der Waals surface area contributed by atoms with Crippen LogP contribution in [0.1, 0.15) is 12.7 Å². The van der Waals surface area contributed by atoms with Gasteiger partial charge in [0, 0.05) is 18.6 Å². The molecule has 0 aliphatic heterocycles. The third-order valence-corrected chi connectivity index (χ3v) is 3.58. The Balaban J connectivity index is 2.45. The van der Waals surface area contributed by atoms with E-state index in [0.29, 0.717) is 17.4 Å². The van der Waals surface area contributed by atoms with Gasteiger partial charge in [0.1, 0.15) is 12.4 Å². The van der Waals surface area contributed by atoms with E-state index in [1.54, 1.807) is 24.1 Å². The molecule has 102 valence electrons. The maximum Gasteiger partial charge on any atom is 0.242 e. The predicted molar refractivity (Wildman–Crippen MR) is 77.6 cm³/mol. The van der Waals surface area contributed by atoms with E-state index in [1.807, 2.05) is 17.6 Å². The summed E-state index contributed by atoms with van der Waals surface area (Å²) in [5, 5.41) is 0.617. The molecule has 1 heterocycles. The summed E-state index contributed by atoms with van der Waals surface area (Å²) in [6.45, 7) is 2.83. The highest BCUT2D eigenvalue weighted by Crippen LogP contribution is 2.21. The van der Waals surface area contributed by atoms with Crippen molar-refractivity contribution >= 4 is 40.1 Å². The smallest absolute Gasteiger partial charge is 0.242 e. The average Bonchev–Trinajstić information content (AvgIpc) is 2.75. The topological polar surface area (TPSA) is 38.1 Å². The first-order valence-electron chi connectivity index (χ1n) is 6.01. The third kappa shape index (κ3) is 2.85. The van der Waals surface area contributed by atoms with Crippen LogP contribution in [-0.2, 0) is 17.2 Å². The Bertz CT molecular complexity index is 609. The molecule has 1 amide bonds. The van der Waals surface area contributed by atoms with Gasteiger partial charge < -0.3 is 9.47 Å². The largest absolute Gasteiger partial charge is 0.344 e. The Morgan fingerprint density at radius 2 is 2.21 bits per heavy atom. The summed E-state index contributed by atoms with van der Waals surface area (Å²) in [4.78, 5) is 18.1. The van der Waals surface area contributed by atoms with Crippen LogP contribution in [0.2, 0.25) is 5.02 Å². The van der Waals surface area contributed by atoms with E-state index in [1.165, 1.54) is 0 Å².